The molecule has 0 N–H and O–H groups in total. The first-order valence-electron chi connectivity index (χ1n) is 6.52. The van der Waals surface area contributed by atoms with Crippen molar-refractivity contribution < 1.29 is 14.3 Å². The number of aromatic nitrogens is 1. The number of nitrogens with zero attached hydrogens (tertiary/aromatic N) is 2. The molecule has 1 rings (SSSR count). The standard InChI is InChI=1S/C14H24N2O3/c1-15-7-5-13(11-15)14(17)12-16(8-10-19-3)6-4-9-18-2/h5,7,11H,4,6,8-10,12H2,1-3H3. The van der Waals surface area contributed by atoms with E-state index in [0.717, 1.165) is 25.1 Å². The van der Waals surface area contributed by atoms with Crippen LogP contribution in [0.15, 0.2) is 18.5 Å². The minimum absolute atomic E-state index is 0.147. The summed E-state index contributed by atoms with van der Waals surface area (Å²) in [5, 5.41) is 0. The van der Waals surface area contributed by atoms with E-state index >= 15 is 0 Å². The van der Waals surface area contributed by atoms with Gasteiger partial charge in [0, 0.05) is 58.9 Å². The van der Waals surface area contributed by atoms with Gasteiger partial charge in [-0.05, 0) is 12.5 Å². The van der Waals surface area contributed by atoms with Crippen molar-refractivity contribution in [1.82, 2.24) is 9.47 Å². The number of rotatable bonds is 10. The van der Waals surface area contributed by atoms with E-state index in [0.29, 0.717) is 19.8 Å². The van der Waals surface area contributed by atoms with Gasteiger partial charge in [0.05, 0.1) is 13.2 Å². The second-order valence-corrected chi connectivity index (χ2v) is 4.60. The topological polar surface area (TPSA) is 43.7 Å². The van der Waals surface area contributed by atoms with E-state index in [1.807, 2.05) is 30.1 Å². The van der Waals surface area contributed by atoms with Crippen LogP contribution in [0.4, 0.5) is 0 Å². The van der Waals surface area contributed by atoms with E-state index in [1.165, 1.54) is 0 Å². The van der Waals surface area contributed by atoms with E-state index < -0.39 is 0 Å². The van der Waals surface area contributed by atoms with Crippen LogP contribution in [0.5, 0.6) is 0 Å². The highest BCUT2D eigenvalue weighted by molar-refractivity contribution is 5.97. The Kier molecular flexibility index (Phi) is 7.40. The molecule has 1 heterocycles. The zero-order valence-corrected chi connectivity index (χ0v) is 12.1. The Morgan fingerprint density at radius 3 is 2.58 bits per heavy atom. The van der Waals surface area contributed by atoms with E-state index in [2.05, 4.69) is 4.90 Å². The van der Waals surface area contributed by atoms with Gasteiger partial charge in [-0.15, -0.1) is 0 Å². The van der Waals surface area contributed by atoms with Gasteiger partial charge in [0.15, 0.2) is 5.78 Å². The first-order chi connectivity index (χ1) is 9.17. The van der Waals surface area contributed by atoms with Crippen molar-refractivity contribution in [2.45, 2.75) is 6.42 Å². The largest absolute Gasteiger partial charge is 0.385 e. The minimum atomic E-state index is 0.147. The first-order valence-corrected chi connectivity index (χ1v) is 6.52. The van der Waals surface area contributed by atoms with Crippen molar-refractivity contribution in [2.24, 2.45) is 7.05 Å². The summed E-state index contributed by atoms with van der Waals surface area (Å²) in [6.45, 7) is 3.38. The Morgan fingerprint density at radius 1 is 1.26 bits per heavy atom. The fraction of sp³-hybridized carbons (Fsp3) is 0.643. The van der Waals surface area contributed by atoms with E-state index in [-0.39, 0.29) is 5.78 Å². The summed E-state index contributed by atoms with van der Waals surface area (Å²) in [6.07, 6.45) is 4.66. The van der Waals surface area contributed by atoms with Crippen LogP contribution in [0.1, 0.15) is 16.8 Å². The normalized spacial score (nSPS) is 11.2. The maximum absolute atomic E-state index is 12.1. The van der Waals surface area contributed by atoms with Crippen molar-refractivity contribution in [1.29, 1.82) is 0 Å². The predicted octanol–water partition coefficient (Wildman–Crippen LogP) is 1.19. The maximum Gasteiger partial charge on any atom is 0.178 e. The highest BCUT2D eigenvalue weighted by Gasteiger charge is 2.13. The van der Waals surface area contributed by atoms with Crippen LogP contribution in [-0.4, -0.2) is 62.3 Å². The Morgan fingerprint density at radius 2 is 2.00 bits per heavy atom. The lowest BCUT2D eigenvalue weighted by Gasteiger charge is -2.20. The van der Waals surface area contributed by atoms with E-state index in [1.54, 1.807) is 14.2 Å². The van der Waals surface area contributed by atoms with Gasteiger partial charge >= 0.3 is 0 Å². The quantitative estimate of drug-likeness (QED) is 0.472. The van der Waals surface area contributed by atoms with Gasteiger partial charge < -0.3 is 14.0 Å². The molecule has 0 saturated heterocycles. The van der Waals surface area contributed by atoms with Gasteiger partial charge in [-0.2, -0.15) is 0 Å². The number of carbonyl (C=O) groups is 1. The highest BCUT2D eigenvalue weighted by Crippen LogP contribution is 2.03. The smallest absolute Gasteiger partial charge is 0.178 e. The number of methoxy groups -OCH3 is 2. The third-order valence-electron chi connectivity index (χ3n) is 2.96. The van der Waals surface area contributed by atoms with Gasteiger partial charge in [-0.25, -0.2) is 0 Å². The molecule has 5 heteroatoms. The molecule has 0 amide bonds. The third kappa shape index (κ3) is 6.00. The molecule has 1 aromatic rings. The number of ether oxygens (including phenoxy) is 2. The Bertz CT molecular complexity index is 377. The Hall–Kier alpha value is -1.17. The van der Waals surface area contributed by atoms with Crippen LogP contribution >= 0.6 is 0 Å². The molecule has 0 aliphatic rings. The van der Waals surface area contributed by atoms with Gasteiger partial charge in [-0.1, -0.05) is 0 Å². The van der Waals surface area contributed by atoms with Crippen LogP contribution < -0.4 is 0 Å². The van der Waals surface area contributed by atoms with Crippen molar-refractivity contribution in [3.8, 4) is 0 Å². The van der Waals surface area contributed by atoms with Crippen LogP contribution in [0, 0.1) is 0 Å². The lowest BCUT2D eigenvalue weighted by Crippen LogP contribution is -2.34. The molecular formula is C14H24N2O3. The first kappa shape index (κ1) is 15.9. The van der Waals surface area contributed by atoms with Gasteiger partial charge in [0.1, 0.15) is 0 Å². The molecule has 108 valence electrons. The summed E-state index contributed by atoms with van der Waals surface area (Å²) in [5.74, 6) is 0.147. The lowest BCUT2D eigenvalue weighted by atomic mass is 10.2. The highest BCUT2D eigenvalue weighted by atomic mass is 16.5. The molecule has 0 unspecified atom stereocenters. The molecule has 0 fully saturated rings. The molecule has 0 aliphatic heterocycles. The predicted molar refractivity (Wildman–Crippen MR) is 74.6 cm³/mol. The average molecular weight is 268 g/mol. The number of hydrogen-bond donors (Lipinski definition) is 0. The number of ketones is 1. The van der Waals surface area contributed by atoms with Crippen LogP contribution in [0.25, 0.3) is 0 Å². The molecule has 0 spiro atoms. The van der Waals surface area contributed by atoms with E-state index in [9.17, 15) is 4.79 Å². The number of hydrogen-bond acceptors (Lipinski definition) is 4. The fourth-order valence-electron chi connectivity index (χ4n) is 1.89. The monoisotopic (exact) mass is 268 g/mol. The SMILES string of the molecule is COCCCN(CCOC)CC(=O)c1ccn(C)c1. The zero-order valence-electron chi connectivity index (χ0n) is 12.1. The number of aryl methyl sites for hydroxylation is 1. The van der Waals surface area contributed by atoms with Crippen molar-refractivity contribution >= 4 is 5.78 Å². The molecule has 0 saturated carbocycles. The molecule has 5 nitrogen and oxygen atoms in total. The molecule has 1 aromatic heterocycles. The number of carbonyl (C=O) groups excluding carboxylic acids is 1. The van der Waals surface area contributed by atoms with Gasteiger partial charge in [0.2, 0.25) is 0 Å². The summed E-state index contributed by atoms with van der Waals surface area (Å²) in [4.78, 5) is 14.2. The zero-order chi connectivity index (χ0) is 14.1. The minimum Gasteiger partial charge on any atom is -0.385 e. The average Bonchev–Trinajstić information content (AvgIpc) is 2.82. The van der Waals surface area contributed by atoms with E-state index in [4.69, 9.17) is 9.47 Å². The third-order valence-corrected chi connectivity index (χ3v) is 2.96. The van der Waals surface area contributed by atoms with Crippen molar-refractivity contribution in [2.75, 3.05) is 47.1 Å². The van der Waals surface area contributed by atoms with Gasteiger partial charge in [0.25, 0.3) is 0 Å². The summed E-state index contributed by atoms with van der Waals surface area (Å²) in [6, 6.07) is 1.85. The molecular weight excluding hydrogens is 244 g/mol. The summed E-state index contributed by atoms with van der Waals surface area (Å²) < 4.78 is 12.0. The second-order valence-electron chi connectivity index (χ2n) is 4.60. The Labute approximate surface area is 115 Å². The molecule has 0 radical (unpaired) electrons. The van der Waals surface area contributed by atoms with Crippen LogP contribution in [-0.2, 0) is 16.5 Å². The molecule has 0 aromatic carbocycles. The molecule has 0 bridgehead atoms. The fourth-order valence-corrected chi connectivity index (χ4v) is 1.89. The van der Waals surface area contributed by atoms with Crippen molar-refractivity contribution in [3.05, 3.63) is 24.0 Å². The summed E-state index contributed by atoms with van der Waals surface area (Å²) in [5.41, 5.74) is 0.761. The molecule has 0 atom stereocenters. The molecule has 19 heavy (non-hydrogen) atoms. The van der Waals surface area contributed by atoms with Crippen LogP contribution in [0.2, 0.25) is 0 Å². The summed E-state index contributed by atoms with van der Waals surface area (Å²) >= 11 is 0. The van der Waals surface area contributed by atoms with Crippen molar-refractivity contribution in [3.63, 3.8) is 0 Å². The number of Topliss-reactive ketones (excluding diaryl/α,β-unsaturated/α-hetero) is 1. The van der Waals surface area contributed by atoms with Gasteiger partial charge in [-0.3, -0.25) is 9.69 Å². The van der Waals surface area contributed by atoms with Crippen LogP contribution in [0.3, 0.4) is 0 Å². The lowest BCUT2D eigenvalue weighted by molar-refractivity contribution is 0.0878. The second kappa shape index (κ2) is 8.85. The summed E-state index contributed by atoms with van der Waals surface area (Å²) in [7, 11) is 5.28. The molecule has 0 aliphatic carbocycles. The maximum atomic E-state index is 12.1. The Balaban J connectivity index is 2.47.